The first-order valence-electron chi connectivity index (χ1n) is 10.7. The molecule has 1 aromatic carbocycles. The molecule has 0 saturated carbocycles. The minimum absolute atomic E-state index is 0.0661. The van der Waals surface area contributed by atoms with Gasteiger partial charge in [-0.2, -0.15) is 0 Å². The zero-order chi connectivity index (χ0) is 21.6. The maximum absolute atomic E-state index is 10.0. The Morgan fingerprint density at radius 2 is 2.17 bits per heavy atom. The van der Waals surface area contributed by atoms with E-state index in [0.29, 0.717) is 13.0 Å². The average molecular weight is 405 g/mol. The summed E-state index contributed by atoms with van der Waals surface area (Å²) >= 11 is 0. The van der Waals surface area contributed by atoms with Gasteiger partial charge in [-0.3, -0.25) is 4.98 Å². The first kappa shape index (κ1) is 20.7. The third kappa shape index (κ3) is 3.05. The van der Waals surface area contributed by atoms with Crippen LogP contribution in [-0.2, 0) is 10.2 Å². The molecule has 158 valence electrons. The van der Waals surface area contributed by atoms with E-state index in [4.69, 9.17) is 9.72 Å². The Bertz CT molecular complexity index is 1080. The van der Waals surface area contributed by atoms with Crippen LogP contribution in [0.5, 0.6) is 0 Å². The summed E-state index contributed by atoms with van der Waals surface area (Å²) in [6, 6.07) is 6.54. The van der Waals surface area contributed by atoms with Gasteiger partial charge in [0, 0.05) is 60.4 Å². The zero-order valence-corrected chi connectivity index (χ0v) is 18.7. The predicted octanol–water partition coefficient (Wildman–Crippen LogP) is 5.76. The Kier molecular flexibility index (Phi) is 5.23. The SMILES string of the molecule is C=C(O)CC1NC2=C(C)/C(=C\C)C(C)(C)c3c2c(cc2cccnc32)C1CCOC. The van der Waals surface area contributed by atoms with Gasteiger partial charge in [0.05, 0.1) is 11.3 Å². The number of aliphatic hydroxyl groups excluding tert-OH is 1. The first-order valence-corrected chi connectivity index (χ1v) is 10.7. The van der Waals surface area contributed by atoms with Crippen LogP contribution in [0.3, 0.4) is 0 Å². The van der Waals surface area contributed by atoms with E-state index >= 15 is 0 Å². The van der Waals surface area contributed by atoms with Crippen molar-refractivity contribution in [2.45, 2.75) is 57.9 Å². The summed E-state index contributed by atoms with van der Waals surface area (Å²) < 4.78 is 5.45. The van der Waals surface area contributed by atoms with Crippen molar-refractivity contribution in [3.05, 3.63) is 70.6 Å². The topological polar surface area (TPSA) is 54.4 Å². The predicted molar refractivity (Wildman–Crippen MR) is 124 cm³/mol. The summed E-state index contributed by atoms with van der Waals surface area (Å²) in [5.41, 5.74) is 8.58. The van der Waals surface area contributed by atoms with E-state index in [1.165, 1.54) is 38.9 Å². The highest BCUT2D eigenvalue weighted by molar-refractivity contribution is 5.95. The molecule has 2 aliphatic rings. The largest absolute Gasteiger partial charge is 0.513 e. The second-order valence-electron chi connectivity index (χ2n) is 9.03. The number of nitrogens with one attached hydrogen (secondary N) is 1. The van der Waals surface area contributed by atoms with Crippen molar-refractivity contribution in [3.8, 4) is 0 Å². The molecular formula is C26H32N2O2. The molecule has 4 heteroatoms. The third-order valence-electron chi connectivity index (χ3n) is 6.84. The average Bonchev–Trinajstić information content (AvgIpc) is 2.69. The van der Waals surface area contributed by atoms with Crippen LogP contribution in [0.1, 0.15) is 63.1 Å². The number of pyridine rings is 1. The number of allylic oxidation sites excluding steroid dienone is 3. The number of rotatable bonds is 5. The highest BCUT2D eigenvalue weighted by atomic mass is 16.5. The van der Waals surface area contributed by atoms with Crippen LogP contribution in [0, 0.1) is 0 Å². The number of aromatic nitrogens is 1. The summed E-state index contributed by atoms with van der Waals surface area (Å²) in [5.74, 6) is 0.424. The van der Waals surface area contributed by atoms with E-state index < -0.39 is 0 Å². The maximum atomic E-state index is 10.0. The van der Waals surface area contributed by atoms with Gasteiger partial charge < -0.3 is 15.2 Å². The van der Waals surface area contributed by atoms with Gasteiger partial charge in [0.2, 0.25) is 0 Å². The molecule has 4 rings (SSSR count). The van der Waals surface area contributed by atoms with Crippen LogP contribution in [-0.4, -0.2) is 29.8 Å². The summed E-state index contributed by atoms with van der Waals surface area (Å²) in [6.07, 6.45) is 5.51. The molecular weight excluding hydrogens is 372 g/mol. The van der Waals surface area contributed by atoms with Gasteiger partial charge in [-0.15, -0.1) is 0 Å². The van der Waals surface area contributed by atoms with E-state index in [-0.39, 0.29) is 23.1 Å². The number of hydrogen-bond donors (Lipinski definition) is 2. The van der Waals surface area contributed by atoms with Crippen molar-refractivity contribution in [1.82, 2.24) is 10.3 Å². The number of hydrogen-bond acceptors (Lipinski definition) is 4. The minimum Gasteiger partial charge on any atom is -0.513 e. The molecule has 30 heavy (non-hydrogen) atoms. The number of aliphatic hydroxyl groups is 1. The van der Waals surface area contributed by atoms with Gasteiger partial charge in [-0.25, -0.2) is 0 Å². The third-order valence-corrected chi connectivity index (χ3v) is 6.84. The Labute approximate surface area is 179 Å². The molecule has 0 fully saturated rings. The van der Waals surface area contributed by atoms with Crippen molar-refractivity contribution >= 4 is 16.6 Å². The van der Waals surface area contributed by atoms with Crippen LogP contribution in [0.4, 0.5) is 0 Å². The fourth-order valence-electron chi connectivity index (χ4n) is 5.65. The van der Waals surface area contributed by atoms with Gasteiger partial charge in [-0.05, 0) is 54.7 Å². The van der Waals surface area contributed by atoms with Crippen molar-refractivity contribution < 1.29 is 9.84 Å². The second kappa shape index (κ2) is 7.59. The smallest absolute Gasteiger partial charge is 0.0871 e. The number of benzene rings is 1. The monoisotopic (exact) mass is 404 g/mol. The van der Waals surface area contributed by atoms with E-state index in [2.05, 4.69) is 57.8 Å². The van der Waals surface area contributed by atoms with E-state index in [1.807, 2.05) is 12.3 Å². The lowest BCUT2D eigenvalue weighted by Crippen LogP contribution is -2.43. The van der Waals surface area contributed by atoms with Gasteiger partial charge in [0.15, 0.2) is 0 Å². The summed E-state index contributed by atoms with van der Waals surface area (Å²) in [4.78, 5) is 4.82. The standard InChI is InChI=1S/C26H32N2O2/c1-7-20-16(3)24-22-19(18(10-12-30-6)21(28-24)13-15(2)29)14-17-9-8-11-27-25(17)23(22)26(20,4)5/h7-9,11,14,18,21,28-29H,2,10,12-13H2,1,3-6H3/b20-7+. The van der Waals surface area contributed by atoms with Crippen molar-refractivity contribution in [3.63, 3.8) is 0 Å². The maximum Gasteiger partial charge on any atom is 0.0871 e. The molecule has 2 atom stereocenters. The number of ether oxygens (including phenoxy) is 1. The Morgan fingerprint density at radius 3 is 2.83 bits per heavy atom. The van der Waals surface area contributed by atoms with Gasteiger partial charge in [-0.1, -0.05) is 32.6 Å². The summed E-state index contributed by atoms with van der Waals surface area (Å²) in [7, 11) is 1.74. The number of methoxy groups -OCH3 is 1. The highest BCUT2D eigenvalue weighted by Crippen LogP contribution is 2.53. The van der Waals surface area contributed by atoms with Crippen LogP contribution in [0.25, 0.3) is 16.6 Å². The molecule has 2 N–H and O–H groups in total. The molecule has 1 aromatic heterocycles. The Morgan fingerprint density at radius 1 is 1.40 bits per heavy atom. The van der Waals surface area contributed by atoms with Crippen LogP contribution in [0.15, 0.2) is 54.0 Å². The molecule has 0 radical (unpaired) electrons. The van der Waals surface area contributed by atoms with E-state index in [9.17, 15) is 5.11 Å². The molecule has 0 bridgehead atoms. The molecule has 1 aliphatic heterocycles. The fourth-order valence-corrected chi connectivity index (χ4v) is 5.65. The fraction of sp³-hybridized carbons (Fsp3) is 0.423. The quantitative estimate of drug-likeness (QED) is 0.622. The molecule has 2 unspecified atom stereocenters. The molecule has 0 amide bonds. The Balaban J connectivity index is 2.09. The lowest BCUT2D eigenvalue weighted by molar-refractivity contribution is 0.180. The second-order valence-corrected chi connectivity index (χ2v) is 9.03. The molecule has 2 heterocycles. The van der Waals surface area contributed by atoms with Gasteiger partial charge in [0.1, 0.15) is 0 Å². The van der Waals surface area contributed by atoms with Crippen molar-refractivity contribution in [2.24, 2.45) is 0 Å². The molecule has 2 aromatic rings. The van der Waals surface area contributed by atoms with Crippen molar-refractivity contribution in [2.75, 3.05) is 13.7 Å². The Hall–Kier alpha value is -2.59. The molecule has 4 nitrogen and oxygen atoms in total. The summed E-state index contributed by atoms with van der Waals surface area (Å²) in [6.45, 7) is 13.4. The lowest BCUT2D eigenvalue weighted by atomic mass is 9.63. The normalized spacial score (nSPS) is 23.4. The van der Waals surface area contributed by atoms with Crippen LogP contribution < -0.4 is 5.32 Å². The lowest BCUT2D eigenvalue weighted by Gasteiger charge is -2.45. The first-order chi connectivity index (χ1) is 14.3. The molecule has 0 spiro atoms. The van der Waals surface area contributed by atoms with Crippen LogP contribution in [0.2, 0.25) is 0 Å². The molecule has 1 aliphatic carbocycles. The number of nitrogens with zero attached hydrogens (tertiary/aromatic N) is 1. The van der Waals surface area contributed by atoms with Crippen molar-refractivity contribution in [1.29, 1.82) is 0 Å². The van der Waals surface area contributed by atoms with Gasteiger partial charge in [0.25, 0.3) is 0 Å². The number of fused-ring (bicyclic) bond motifs is 2. The molecule has 0 saturated heterocycles. The summed E-state index contributed by atoms with van der Waals surface area (Å²) in [5, 5.41) is 15.0. The van der Waals surface area contributed by atoms with E-state index in [0.717, 1.165) is 11.9 Å². The zero-order valence-electron chi connectivity index (χ0n) is 18.7. The minimum atomic E-state index is -0.152. The van der Waals surface area contributed by atoms with Crippen LogP contribution >= 0.6 is 0 Å². The van der Waals surface area contributed by atoms with Gasteiger partial charge >= 0.3 is 0 Å². The highest BCUT2D eigenvalue weighted by Gasteiger charge is 2.43. The van der Waals surface area contributed by atoms with E-state index in [1.54, 1.807) is 7.11 Å².